The maximum Gasteiger partial charge on any atom is 0.292 e. The summed E-state index contributed by atoms with van der Waals surface area (Å²) >= 11 is 0. The Labute approximate surface area is 113 Å². The Kier molecular flexibility index (Phi) is 4.37. The summed E-state index contributed by atoms with van der Waals surface area (Å²) in [4.78, 5) is 13.0. The molecule has 5 heteroatoms. The fourth-order valence-electron chi connectivity index (χ4n) is 2.71. The quantitative estimate of drug-likeness (QED) is 0.669. The van der Waals surface area contributed by atoms with Crippen LogP contribution in [0.25, 0.3) is 0 Å². The zero-order valence-corrected chi connectivity index (χ0v) is 11.6. The van der Waals surface area contributed by atoms with Gasteiger partial charge in [0, 0.05) is 19.2 Å². The van der Waals surface area contributed by atoms with Crippen LogP contribution < -0.4 is 10.2 Å². The highest BCUT2D eigenvalue weighted by Gasteiger charge is 2.24. The fourth-order valence-corrected chi connectivity index (χ4v) is 2.71. The van der Waals surface area contributed by atoms with Gasteiger partial charge in [0.15, 0.2) is 0 Å². The third-order valence-corrected chi connectivity index (χ3v) is 3.78. The van der Waals surface area contributed by atoms with E-state index in [9.17, 15) is 10.1 Å². The molecule has 1 aromatic carbocycles. The van der Waals surface area contributed by atoms with Crippen molar-refractivity contribution in [3.8, 4) is 0 Å². The first kappa shape index (κ1) is 13.8. The van der Waals surface area contributed by atoms with E-state index in [0.717, 1.165) is 43.7 Å². The van der Waals surface area contributed by atoms with Gasteiger partial charge < -0.3 is 10.2 Å². The van der Waals surface area contributed by atoms with Crippen molar-refractivity contribution in [2.45, 2.75) is 19.8 Å². The van der Waals surface area contributed by atoms with E-state index in [4.69, 9.17) is 0 Å². The Balaban J connectivity index is 2.13. The van der Waals surface area contributed by atoms with Gasteiger partial charge in [-0.1, -0.05) is 6.07 Å². The van der Waals surface area contributed by atoms with Gasteiger partial charge in [-0.2, -0.15) is 0 Å². The molecule has 1 heterocycles. The van der Waals surface area contributed by atoms with E-state index in [0.29, 0.717) is 5.92 Å². The number of nitrogens with one attached hydrogen (secondary N) is 1. The van der Waals surface area contributed by atoms with Crippen molar-refractivity contribution in [3.05, 3.63) is 33.9 Å². The van der Waals surface area contributed by atoms with Crippen molar-refractivity contribution in [1.29, 1.82) is 0 Å². The number of aryl methyl sites for hydroxylation is 1. The molecule has 5 nitrogen and oxygen atoms in total. The van der Waals surface area contributed by atoms with Crippen LogP contribution in [0, 0.1) is 23.0 Å². The van der Waals surface area contributed by atoms with Gasteiger partial charge in [-0.3, -0.25) is 10.1 Å². The Morgan fingerprint density at radius 2 is 2.11 bits per heavy atom. The number of rotatable bonds is 4. The van der Waals surface area contributed by atoms with Crippen molar-refractivity contribution in [2.24, 2.45) is 5.92 Å². The Morgan fingerprint density at radius 1 is 1.42 bits per heavy atom. The Hall–Kier alpha value is -1.62. The lowest BCUT2D eigenvalue weighted by Gasteiger charge is -2.33. The molecule has 1 aliphatic rings. The Morgan fingerprint density at radius 3 is 2.68 bits per heavy atom. The fraction of sp³-hybridized carbons (Fsp3) is 0.571. The molecule has 0 unspecified atom stereocenters. The molecule has 1 aromatic rings. The number of nitrogens with zero attached hydrogens (tertiary/aromatic N) is 2. The summed E-state index contributed by atoms with van der Waals surface area (Å²) in [6, 6.07) is 5.49. The van der Waals surface area contributed by atoms with Crippen LogP contribution >= 0.6 is 0 Å². The molecule has 2 rings (SSSR count). The number of hydrogen-bond acceptors (Lipinski definition) is 4. The lowest BCUT2D eigenvalue weighted by molar-refractivity contribution is -0.384. The molecule has 19 heavy (non-hydrogen) atoms. The predicted octanol–water partition coefficient (Wildman–Crippen LogP) is 2.34. The minimum absolute atomic E-state index is 0.229. The van der Waals surface area contributed by atoms with Crippen LogP contribution in [0.15, 0.2) is 18.2 Å². The topological polar surface area (TPSA) is 58.4 Å². The average molecular weight is 263 g/mol. The van der Waals surface area contributed by atoms with Crippen LogP contribution in [0.5, 0.6) is 0 Å². The molecule has 1 N–H and O–H groups in total. The molecule has 0 aromatic heterocycles. The minimum atomic E-state index is -0.276. The molecule has 1 saturated heterocycles. The van der Waals surface area contributed by atoms with Crippen molar-refractivity contribution in [2.75, 3.05) is 31.6 Å². The SMILES string of the molecule is CNCC1CCN(c2ccc(C)cc2[N+](=O)[O-])CC1. The molecule has 0 radical (unpaired) electrons. The summed E-state index contributed by atoms with van der Waals surface area (Å²) in [6.45, 7) is 4.71. The number of hydrogen-bond donors (Lipinski definition) is 1. The first-order valence-corrected chi connectivity index (χ1v) is 6.76. The minimum Gasteiger partial charge on any atom is -0.366 e. The van der Waals surface area contributed by atoms with Gasteiger partial charge in [0.25, 0.3) is 5.69 Å². The molecular formula is C14H21N3O2. The van der Waals surface area contributed by atoms with Crippen molar-refractivity contribution < 1.29 is 4.92 Å². The molecule has 0 bridgehead atoms. The van der Waals surface area contributed by atoms with E-state index in [1.165, 1.54) is 0 Å². The lowest BCUT2D eigenvalue weighted by atomic mass is 9.96. The van der Waals surface area contributed by atoms with Crippen LogP contribution in [-0.4, -0.2) is 31.6 Å². The van der Waals surface area contributed by atoms with Crippen LogP contribution in [0.4, 0.5) is 11.4 Å². The first-order valence-electron chi connectivity index (χ1n) is 6.76. The predicted molar refractivity (Wildman–Crippen MR) is 76.7 cm³/mol. The normalized spacial score (nSPS) is 16.6. The summed E-state index contributed by atoms with van der Waals surface area (Å²) in [6.07, 6.45) is 2.18. The van der Waals surface area contributed by atoms with E-state index in [1.807, 2.05) is 26.1 Å². The largest absolute Gasteiger partial charge is 0.366 e. The van der Waals surface area contributed by atoms with Gasteiger partial charge >= 0.3 is 0 Å². The summed E-state index contributed by atoms with van der Waals surface area (Å²) < 4.78 is 0. The molecule has 0 spiro atoms. The highest BCUT2D eigenvalue weighted by atomic mass is 16.6. The summed E-state index contributed by atoms with van der Waals surface area (Å²) in [5, 5.41) is 14.4. The van der Waals surface area contributed by atoms with E-state index < -0.39 is 0 Å². The van der Waals surface area contributed by atoms with Gasteiger partial charge in [-0.25, -0.2) is 0 Å². The summed E-state index contributed by atoms with van der Waals surface area (Å²) in [7, 11) is 1.97. The zero-order chi connectivity index (χ0) is 13.8. The van der Waals surface area contributed by atoms with Gasteiger partial charge in [-0.05, 0) is 50.9 Å². The molecule has 0 aliphatic carbocycles. The van der Waals surface area contributed by atoms with Crippen LogP contribution in [-0.2, 0) is 0 Å². The van der Waals surface area contributed by atoms with Gasteiger partial charge in [-0.15, -0.1) is 0 Å². The number of anilines is 1. The zero-order valence-electron chi connectivity index (χ0n) is 11.6. The number of piperidine rings is 1. The molecule has 0 saturated carbocycles. The van der Waals surface area contributed by atoms with Crippen LogP contribution in [0.1, 0.15) is 18.4 Å². The first-order chi connectivity index (χ1) is 9.11. The van der Waals surface area contributed by atoms with E-state index in [-0.39, 0.29) is 10.6 Å². The van der Waals surface area contributed by atoms with Crippen molar-refractivity contribution >= 4 is 11.4 Å². The van der Waals surface area contributed by atoms with Crippen LogP contribution in [0.2, 0.25) is 0 Å². The monoisotopic (exact) mass is 263 g/mol. The molecule has 1 aliphatic heterocycles. The maximum atomic E-state index is 11.2. The lowest BCUT2D eigenvalue weighted by Crippen LogP contribution is -2.37. The average Bonchev–Trinajstić information content (AvgIpc) is 2.40. The van der Waals surface area contributed by atoms with Gasteiger partial charge in [0.2, 0.25) is 0 Å². The van der Waals surface area contributed by atoms with E-state index in [2.05, 4.69) is 10.2 Å². The number of benzene rings is 1. The molecule has 0 atom stereocenters. The second-order valence-electron chi connectivity index (χ2n) is 5.24. The van der Waals surface area contributed by atoms with Crippen molar-refractivity contribution in [1.82, 2.24) is 5.32 Å². The second-order valence-corrected chi connectivity index (χ2v) is 5.24. The maximum absolute atomic E-state index is 11.2. The standard InChI is InChI=1S/C14H21N3O2/c1-11-3-4-13(14(9-11)17(18)19)16-7-5-12(6-8-16)10-15-2/h3-4,9,12,15H,5-8,10H2,1-2H3. The van der Waals surface area contributed by atoms with E-state index in [1.54, 1.807) is 6.07 Å². The van der Waals surface area contributed by atoms with Gasteiger partial charge in [0.05, 0.1) is 4.92 Å². The molecule has 104 valence electrons. The summed E-state index contributed by atoms with van der Waals surface area (Å²) in [5.74, 6) is 0.686. The third kappa shape index (κ3) is 3.23. The summed E-state index contributed by atoms with van der Waals surface area (Å²) in [5.41, 5.74) is 1.92. The Bertz CT molecular complexity index is 454. The van der Waals surface area contributed by atoms with Gasteiger partial charge in [0.1, 0.15) is 5.69 Å². The highest BCUT2D eigenvalue weighted by molar-refractivity contribution is 5.64. The third-order valence-electron chi connectivity index (χ3n) is 3.78. The molecule has 1 fully saturated rings. The smallest absolute Gasteiger partial charge is 0.292 e. The molecular weight excluding hydrogens is 242 g/mol. The van der Waals surface area contributed by atoms with Crippen molar-refractivity contribution in [3.63, 3.8) is 0 Å². The molecule has 0 amide bonds. The van der Waals surface area contributed by atoms with Crippen LogP contribution in [0.3, 0.4) is 0 Å². The number of nitro benzene ring substituents is 1. The van der Waals surface area contributed by atoms with E-state index >= 15 is 0 Å². The second kappa shape index (κ2) is 6.02. The number of nitro groups is 1. The highest BCUT2D eigenvalue weighted by Crippen LogP contribution is 2.32.